The summed E-state index contributed by atoms with van der Waals surface area (Å²) in [5.74, 6) is 0. The van der Waals surface area contributed by atoms with Crippen LogP contribution in [0.4, 0.5) is 0 Å². The molecule has 21 heavy (non-hydrogen) atoms. The van der Waals surface area contributed by atoms with Crippen molar-refractivity contribution in [2.24, 2.45) is 0 Å². The van der Waals surface area contributed by atoms with Gasteiger partial charge in [-0.1, -0.05) is 60.7 Å². The molecule has 0 radical (unpaired) electrons. The van der Waals surface area contributed by atoms with E-state index < -0.39 is 9.04 Å². The van der Waals surface area contributed by atoms with E-state index in [1.165, 1.54) is 10.4 Å². The largest absolute Gasteiger partial charge is 0.496 e. The Morgan fingerprint density at radius 3 is 2.10 bits per heavy atom. The minimum absolute atomic E-state index is 0.192. The lowest BCUT2D eigenvalue weighted by atomic mass is 10.2. The van der Waals surface area contributed by atoms with Gasteiger partial charge in [0.1, 0.15) is 6.10 Å². The summed E-state index contributed by atoms with van der Waals surface area (Å²) in [5, 5.41) is 2.63. The Morgan fingerprint density at radius 2 is 1.57 bits per heavy atom. The summed E-state index contributed by atoms with van der Waals surface area (Å²) in [4.78, 5) is 0. The van der Waals surface area contributed by atoms with Crippen LogP contribution in [-0.4, -0.2) is 21.8 Å². The van der Waals surface area contributed by atoms with Gasteiger partial charge in [-0.05, 0) is 29.3 Å². The lowest BCUT2D eigenvalue weighted by molar-refractivity contribution is 0.0742. The van der Waals surface area contributed by atoms with Crippen molar-refractivity contribution in [3.63, 3.8) is 0 Å². The third kappa shape index (κ3) is 3.83. The minimum Gasteiger partial charge on any atom is -0.496 e. The molecule has 0 spiro atoms. The van der Waals surface area contributed by atoms with Crippen molar-refractivity contribution >= 4 is 19.4 Å². The molecular weight excluding hydrogens is 276 g/mol. The zero-order chi connectivity index (χ0) is 14.3. The van der Waals surface area contributed by atoms with Gasteiger partial charge in [0.2, 0.25) is 9.04 Å². The first-order valence-electron chi connectivity index (χ1n) is 7.45. The van der Waals surface area contributed by atoms with Crippen LogP contribution in [0.1, 0.15) is 12.8 Å². The highest BCUT2D eigenvalue weighted by Crippen LogP contribution is 2.10. The summed E-state index contributed by atoms with van der Waals surface area (Å²) >= 11 is 0. The highest BCUT2D eigenvalue weighted by molar-refractivity contribution is 6.80. The first-order valence-corrected chi connectivity index (χ1v) is 9.08. The van der Waals surface area contributed by atoms with Crippen LogP contribution in [0, 0.1) is 0 Å². The van der Waals surface area contributed by atoms with Gasteiger partial charge in [-0.2, -0.15) is 0 Å². The SMILES string of the molecule is C1=COC(CO[SiH](c2ccccc2)c2ccccc2)CC1. The number of rotatable bonds is 5. The molecule has 1 unspecified atom stereocenters. The van der Waals surface area contributed by atoms with Crippen molar-refractivity contribution in [2.75, 3.05) is 6.61 Å². The molecule has 0 amide bonds. The standard InChI is InChI=1S/C18H20O2Si/c1-3-10-17(11-4-1)21(18-12-5-2-6-13-18)20-15-16-9-7-8-14-19-16/h1-6,8,10-14,16,21H,7,9,15H2. The van der Waals surface area contributed by atoms with Crippen LogP contribution in [0.15, 0.2) is 73.0 Å². The van der Waals surface area contributed by atoms with E-state index in [9.17, 15) is 0 Å². The molecule has 0 bridgehead atoms. The van der Waals surface area contributed by atoms with E-state index in [2.05, 4.69) is 66.7 Å². The second kappa shape index (κ2) is 7.25. The van der Waals surface area contributed by atoms with E-state index in [0.29, 0.717) is 6.61 Å². The van der Waals surface area contributed by atoms with E-state index in [4.69, 9.17) is 9.16 Å². The molecule has 0 saturated carbocycles. The summed E-state index contributed by atoms with van der Waals surface area (Å²) < 4.78 is 12.0. The summed E-state index contributed by atoms with van der Waals surface area (Å²) in [6, 6.07) is 21.1. The fourth-order valence-corrected chi connectivity index (χ4v) is 4.87. The average Bonchev–Trinajstić information content (AvgIpc) is 2.58. The third-order valence-corrected chi connectivity index (χ3v) is 6.18. The van der Waals surface area contributed by atoms with E-state index in [1.807, 2.05) is 0 Å². The van der Waals surface area contributed by atoms with Crippen LogP contribution in [0.3, 0.4) is 0 Å². The molecule has 108 valence electrons. The summed E-state index contributed by atoms with van der Waals surface area (Å²) in [6.45, 7) is 0.672. The van der Waals surface area contributed by atoms with Crippen molar-refractivity contribution in [1.29, 1.82) is 0 Å². The Morgan fingerprint density at radius 1 is 0.952 bits per heavy atom. The van der Waals surface area contributed by atoms with Crippen molar-refractivity contribution < 1.29 is 9.16 Å². The highest BCUT2D eigenvalue weighted by atomic mass is 28.3. The molecule has 1 aliphatic rings. The smallest absolute Gasteiger partial charge is 0.240 e. The maximum atomic E-state index is 6.33. The maximum Gasteiger partial charge on any atom is 0.240 e. The summed E-state index contributed by atoms with van der Waals surface area (Å²) in [6.07, 6.45) is 6.19. The number of hydrogen-bond acceptors (Lipinski definition) is 2. The van der Waals surface area contributed by atoms with Gasteiger partial charge >= 0.3 is 0 Å². The van der Waals surface area contributed by atoms with E-state index in [-0.39, 0.29) is 6.10 Å². The lowest BCUT2D eigenvalue weighted by Crippen LogP contribution is -2.46. The second-order valence-corrected chi connectivity index (χ2v) is 7.67. The van der Waals surface area contributed by atoms with E-state index >= 15 is 0 Å². The Kier molecular flexibility index (Phi) is 4.87. The number of benzene rings is 2. The quantitative estimate of drug-likeness (QED) is 0.788. The number of ether oxygens (including phenoxy) is 1. The molecule has 0 saturated heterocycles. The zero-order valence-corrected chi connectivity index (χ0v) is 13.2. The van der Waals surface area contributed by atoms with E-state index in [0.717, 1.165) is 12.8 Å². The van der Waals surface area contributed by atoms with E-state index in [1.54, 1.807) is 6.26 Å². The van der Waals surface area contributed by atoms with Crippen LogP contribution in [-0.2, 0) is 9.16 Å². The van der Waals surface area contributed by atoms with Crippen molar-refractivity contribution in [3.8, 4) is 0 Å². The predicted molar refractivity (Wildman–Crippen MR) is 88.5 cm³/mol. The first-order chi connectivity index (χ1) is 10.4. The molecule has 2 nitrogen and oxygen atoms in total. The monoisotopic (exact) mass is 296 g/mol. The van der Waals surface area contributed by atoms with Gasteiger partial charge in [-0.3, -0.25) is 0 Å². The second-order valence-electron chi connectivity index (χ2n) is 5.24. The minimum atomic E-state index is -1.63. The number of allylic oxidation sites excluding steroid dienone is 1. The predicted octanol–water partition coefficient (Wildman–Crippen LogP) is 2.23. The molecule has 2 aromatic rings. The molecule has 0 aromatic heterocycles. The Bertz CT molecular complexity index is 529. The summed E-state index contributed by atoms with van der Waals surface area (Å²) in [7, 11) is -1.63. The molecule has 1 atom stereocenters. The van der Waals surface area contributed by atoms with Crippen molar-refractivity contribution in [2.45, 2.75) is 18.9 Å². The topological polar surface area (TPSA) is 18.5 Å². The van der Waals surface area contributed by atoms with Gasteiger partial charge in [-0.15, -0.1) is 0 Å². The third-order valence-electron chi connectivity index (χ3n) is 3.68. The Balaban J connectivity index is 1.75. The molecule has 0 N–H and O–H groups in total. The molecule has 1 heterocycles. The molecule has 0 aliphatic carbocycles. The van der Waals surface area contributed by atoms with Crippen LogP contribution >= 0.6 is 0 Å². The van der Waals surface area contributed by atoms with Crippen molar-refractivity contribution in [3.05, 3.63) is 73.0 Å². The number of hydrogen-bond donors (Lipinski definition) is 0. The average molecular weight is 296 g/mol. The van der Waals surface area contributed by atoms with Gasteiger partial charge in [0.25, 0.3) is 0 Å². The fraction of sp³-hybridized carbons (Fsp3) is 0.222. The first kappa shape index (κ1) is 14.1. The molecular formula is C18H20O2Si. The summed E-state index contributed by atoms with van der Waals surface area (Å²) in [5.41, 5.74) is 0. The van der Waals surface area contributed by atoms with Crippen LogP contribution in [0.5, 0.6) is 0 Å². The normalized spacial score (nSPS) is 17.7. The van der Waals surface area contributed by atoms with Gasteiger partial charge in [0.15, 0.2) is 0 Å². The molecule has 3 heteroatoms. The zero-order valence-electron chi connectivity index (χ0n) is 12.0. The fourth-order valence-electron chi connectivity index (χ4n) is 2.55. The lowest BCUT2D eigenvalue weighted by Gasteiger charge is -2.23. The maximum absolute atomic E-state index is 6.33. The molecule has 2 aromatic carbocycles. The van der Waals surface area contributed by atoms with Crippen molar-refractivity contribution in [1.82, 2.24) is 0 Å². The highest BCUT2D eigenvalue weighted by Gasteiger charge is 2.20. The Labute approximate surface area is 127 Å². The molecule has 3 rings (SSSR count). The van der Waals surface area contributed by atoms with Crippen LogP contribution in [0.2, 0.25) is 0 Å². The van der Waals surface area contributed by atoms with Gasteiger partial charge in [-0.25, -0.2) is 0 Å². The van der Waals surface area contributed by atoms with Crippen LogP contribution in [0.25, 0.3) is 0 Å². The van der Waals surface area contributed by atoms with Gasteiger partial charge in [0.05, 0.1) is 12.9 Å². The van der Waals surface area contributed by atoms with Gasteiger partial charge in [0, 0.05) is 0 Å². The Hall–Kier alpha value is -1.84. The molecule has 0 fully saturated rings. The molecule has 1 aliphatic heterocycles. The van der Waals surface area contributed by atoms with Gasteiger partial charge < -0.3 is 9.16 Å². The van der Waals surface area contributed by atoms with Crippen LogP contribution < -0.4 is 10.4 Å².